The van der Waals surface area contributed by atoms with Crippen LogP contribution in [0.2, 0.25) is 0 Å². The van der Waals surface area contributed by atoms with Crippen molar-refractivity contribution in [1.29, 1.82) is 0 Å². The number of nitrogens with zero attached hydrogens (tertiary/aromatic N) is 4. The summed E-state index contributed by atoms with van der Waals surface area (Å²) >= 11 is 0. The van der Waals surface area contributed by atoms with E-state index < -0.39 is 0 Å². The number of halogens is 1. The van der Waals surface area contributed by atoms with Crippen LogP contribution in [0, 0.1) is 12.7 Å². The number of benzene rings is 3. The minimum atomic E-state index is -0.324. The van der Waals surface area contributed by atoms with Gasteiger partial charge >= 0.3 is 0 Å². The van der Waals surface area contributed by atoms with Gasteiger partial charge < -0.3 is 10.1 Å². The summed E-state index contributed by atoms with van der Waals surface area (Å²) in [6.45, 7) is 1.92. The highest BCUT2D eigenvalue weighted by molar-refractivity contribution is 6.02. The highest BCUT2D eigenvalue weighted by atomic mass is 19.1. The molecule has 0 aliphatic carbocycles. The van der Waals surface area contributed by atoms with Crippen LogP contribution >= 0.6 is 0 Å². The first-order chi connectivity index (χ1) is 18.0. The topological polar surface area (TPSA) is 97.7 Å². The van der Waals surface area contributed by atoms with Crippen LogP contribution in [0.5, 0.6) is 5.75 Å². The SMILES string of the molecule is COc1ccc(Nc2ncc3c4n[nH]cc4c(=O)n(-c4cccc(-c5cc(F)ccc5C)c4)c3n2)cc1. The lowest BCUT2D eigenvalue weighted by Crippen LogP contribution is -2.20. The molecule has 6 rings (SSSR count). The van der Waals surface area contributed by atoms with Crippen LogP contribution in [0.1, 0.15) is 5.56 Å². The minimum Gasteiger partial charge on any atom is -0.497 e. The Labute approximate surface area is 210 Å². The Morgan fingerprint density at radius 1 is 1.03 bits per heavy atom. The molecule has 0 radical (unpaired) electrons. The Morgan fingerprint density at radius 2 is 1.86 bits per heavy atom. The number of nitrogens with one attached hydrogen (secondary N) is 2. The first-order valence-corrected chi connectivity index (χ1v) is 11.5. The highest BCUT2D eigenvalue weighted by Gasteiger charge is 2.17. The van der Waals surface area contributed by atoms with Gasteiger partial charge in [0.25, 0.3) is 5.56 Å². The molecule has 182 valence electrons. The number of methoxy groups -OCH3 is 1. The summed E-state index contributed by atoms with van der Waals surface area (Å²) in [6, 6.07) is 19.4. The van der Waals surface area contributed by atoms with E-state index in [1.807, 2.05) is 55.5 Å². The number of pyridine rings is 1. The lowest BCUT2D eigenvalue weighted by atomic mass is 10.00. The van der Waals surface area contributed by atoms with Crippen molar-refractivity contribution in [3.8, 4) is 22.6 Å². The van der Waals surface area contributed by atoms with Crippen molar-refractivity contribution < 1.29 is 9.13 Å². The van der Waals surface area contributed by atoms with Crippen molar-refractivity contribution in [3.05, 3.63) is 101 Å². The van der Waals surface area contributed by atoms with Crippen molar-refractivity contribution >= 4 is 33.6 Å². The fraction of sp³-hybridized carbons (Fsp3) is 0.0714. The molecule has 0 unspecified atom stereocenters. The maximum Gasteiger partial charge on any atom is 0.267 e. The Kier molecular flexibility index (Phi) is 5.37. The van der Waals surface area contributed by atoms with Crippen LogP contribution < -0.4 is 15.6 Å². The summed E-state index contributed by atoms with van der Waals surface area (Å²) in [6.07, 6.45) is 3.21. The first-order valence-electron chi connectivity index (χ1n) is 11.5. The Bertz CT molecular complexity index is 1840. The lowest BCUT2D eigenvalue weighted by Gasteiger charge is -2.14. The summed E-state index contributed by atoms with van der Waals surface area (Å²) in [5.41, 5.74) is 4.42. The number of ether oxygens (including phenoxy) is 1. The van der Waals surface area contributed by atoms with Gasteiger partial charge in [-0.25, -0.2) is 9.37 Å². The van der Waals surface area contributed by atoms with Crippen LogP contribution in [-0.4, -0.2) is 31.8 Å². The molecular weight excluding hydrogens is 471 g/mol. The number of hydrogen-bond donors (Lipinski definition) is 2. The molecule has 0 aliphatic heterocycles. The van der Waals surface area contributed by atoms with Gasteiger partial charge in [-0.3, -0.25) is 14.5 Å². The standard InChI is InChI=1S/C28H21FN6O2/c1-16-6-7-18(29)13-22(16)17-4-3-5-20(12-17)35-26-23(25-24(27(35)36)15-31-34-25)14-30-28(33-26)32-19-8-10-21(37-2)11-9-19/h3-15H,1-2H3,(H,31,34)(H,30,32,33). The number of fused-ring (bicyclic) bond motifs is 3. The predicted octanol–water partition coefficient (Wildman–Crippen LogP) is 5.52. The number of aryl methyl sites for hydroxylation is 1. The monoisotopic (exact) mass is 492 g/mol. The van der Waals surface area contributed by atoms with Gasteiger partial charge in [-0.2, -0.15) is 10.1 Å². The van der Waals surface area contributed by atoms with E-state index in [0.29, 0.717) is 33.6 Å². The van der Waals surface area contributed by atoms with Gasteiger partial charge in [0.05, 0.1) is 23.6 Å². The van der Waals surface area contributed by atoms with Gasteiger partial charge in [0, 0.05) is 18.1 Å². The molecule has 9 heteroatoms. The van der Waals surface area contributed by atoms with Gasteiger partial charge in [0.1, 0.15) is 17.1 Å². The molecule has 0 aliphatic rings. The summed E-state index contributed by atoms with van der Waals surface area (Å²) < 4.78 is 20.8. The second kappa shape index (κ2) is 8.87. The molecule has 0 fully saturated rings. The largest absolute Gasteiger partial charge is 0.497 e. The number of hydrogen-bond acceptors (Lipinski definition) is 6. The van der Waals surface area contributed by atoms with Crippen molar-refractivity contribution in [2.45, 2.75) is 6.92 Å². The van der Waals surface area contributed by atoms with E-state index >= 15 is 0 Å². The van der Waals surface area contributed by atoms with Crippen LogP contribution in [-0.2, 0) is 0 Å². The van der Waals surface area contributed by atoms with E-state index in [-0.39, 0.29) is 11.4 Å². The molecule has 8 nitrogen and oxygen atoms in total. The average molecular weight is 493 g/mol. The molecule has 0 saturated heterocycles. The van der Waals surface area contributed by atoms with Crippen LogP contribution in [0.3, 0.4) is 0 Å². The molecule has 0 atom stereocenters. The Morgan fingerprint density at radius 3 is 2.68 bits per heavy atom. The predicted molar refractivity (Wildman–Crippen MR) is 141 cm³/mol. The van der Waals surface area contributed by atoms with Gasteiger partial charge in [-0.05, 0) is 72.1 Å². The summed E-state index contributed by atoms with van der Waals surface area (Å²) in [5.74, 6) is 0.724. The van der Waals surface area contributed by atoms with E-state index in [2.05, 4.69) is 20.5 Å². The maximum atomic E-state index is 14.0. The van der Waals surface area contributed by atoms with Crippen molar-refractivity contribution in [2.75, 3.05) is 12.4 Å². The molecule has 3 aromatic carbocycles. The third kappa shape index (κ3) is 3.96. The first kappa shape index (κ1) is 22.4. The smallest absolute Gasteiger partial charge is 0.267 e. The number of aromatic amines is 1. The molecule has 3 aromatic heterocycles. The molecule has 0 saturated carbocycles. The van der Waals surface area contributed by atoms with E-state index in [9.17, 15) is 9.18 Å². The molecule has 0 spiro atoms. The average Bonchev–Trinajstić information content (AvgIpc) is 3.41. The van der Waals surface area contributed by atoms with Gasteiger partial charge in [-0.1, -0.05) is 18.2 Å². The fourth-order valence-corrected chi connectivity index (χ4v) is 4.41. The van der Waals surface area contributed by atoms with Crippen molar-refractivity contribution in [2.24, 2.45) is 0 Å². The maximum absolute atomic E-state index is 14.0. The van der Waals surface area contributed by atoms with E-state index in [1.54, 1.807) is 25.6 Å². The zero-order valence-corrected chi connectivity index (χ0v) is 20.0. The van der Waals surface area contributed by atoms with Crippen LogP contribution in [0.25, 0.3) is 38.8 Å². The van der Waals surface area contributed by atoms with Crippen LogP contribution in [0.4, 0.5) is 16.0 Å². The number of H-pyrrole nitrogens is 1. The van der Waals surface area contributed by atoms with Gasteiger partial charge in [0.2, 0.25) is 5.95 Å². The quantitative estimate of drug-likeness (QED) is 0.329. The summed E-state index contributed by atoms with van der Waals surface area (Å²) in [5, 5.41) is 11.3. The molecule has 3 heterocycles. The molecule has 37 heavy (non-hydrogen) atoms. The van der Waals surface area contributed by atoms with E-state index in [4.69, 9.17) is 9.72 Å². The lowest BCUT2D eigenvalue weighted by molar-refractivity contribution is 0.415. The normalized spacial score (nSPS) is 11.2. The van der Waals surface area contributed by atoms with Gasteiger partial charge in [0.15, 0.2) is 5.65 Å². The second-order valence-corrected chi connectivity index (χ2v) is 8.58. The number of anilines is 2. The third-order valence-electron chi connectivity index (χ3n) is 6.27. The summed E-state index contributed by atoms with van der Waals surface area (Å²) in [7, 11) is 1.61. The molecule has 2 N–H and O–H groups in total. The zero-order valence-electron chi connectivity index (χ0n) is 20.0. The van der Waals surface area contributed by atoms with Crippen LogP contribution in [0.15, 0.2) is 83.9 Å². The number of aromatic nitrogens is 5. The Balaban J connectivity index is 1.54. The fourth-order valence-electron chi connectivity index (χ4n) is 4.41. The molecule has 0 bridgehead atoms. The third-order valence-corrected chi connectivity index (χ3v) is 6.27. The molecule has 0 amide bonds. The van der Waals surface area contributed by atoms with Crippen molar-refractivity contribution in [3.63, 3.8) is 0 Å². The zero-order chi connectivity index (χ0) is 25.5. The van der Waals surface area contributed by atoms with Gasteiger partial charge in [-0.15, -0.1) is 0 Å². The summed E-state index contributed by atoms with van der Waals surface area (Å²) in [4.78, 5) is 22.8. The number of rotatable bonds is 5. The second-order valence-electron chi connectivity index (χ2n) is 8.58. The molecular formula is C28H21FN6O2. The van der Waals surface area contributed by atoms with E-state index in [0.717, 1.165) is 28.1 Å². The van der Waals surface area contributed by atoms with E-state index in [1.165, 1.54) is 16.7 Å². The minimum absolute atomic E-state index is 0.279. The van der Waals surface area contributed by atoms with Crippen molar-refractivity contribution in [1.82, 2.24) is 24.7 Å². The highest BCUT2D eigenvalue weighted by Crippen LogP contribution is 2.28. The Hall–Kier alpha value is -5.05. The molecule has 6 aromatic rings.